The zero-order valence-corrected chi connectivity index (χ0v) is 55.2. The summed E-state index contributed by atoms with van der Waals surface area (Å²) in [6.45, 7) is 40.4. The van der Waals surface area contributed by atoms with E-state index >= 15 is 0 Å². The zero-order chi connectivity index (χ0) is 61.8. The summed E-state index contributed by atoms with van der Waals surface area (Å²) < 4.78 is 0. The molecule has 6 aromatic carbocycles. The first-order valence-electron chi connectivity index (χ1n) is 30.1. The molecule has 0 unspecified atom stereocenters. The number of hydrogen-bond acceptors (Lipinski definition) is 8. The van der Waals surface area contributed by atoms with Crippen molar-refractivity contribution in [1.82, 2.24) is 39.9 Å². The highest BCUT2D eigenvalue weighted by atomic mass is 32.1. The molecule has 86 heavy (non-hydrogen) atoms. The van der Waals surface area contributed by atoms with Gasteiger partial charge >= 0.3 is 0 Å². The third-order valence-corrected chi connectivity index (χ3v) is 17.8. The number of fused-ring (bicyclic) bond motifs is 8. The third kappa shape index (κ3) is 11.7. The molecule has 5 heterocycles. The van der Waals surface area contributed by atoms with Gasteiger partial charge in [0, 0.05) is 33.4 Å². The molecule has 2 aliphatic rings. The Bertz CT molecular complexity index is 4050. The predicted molar refractivity (Wildman–Crippen MR) is 366 cm³/mol. The number of H-pyrrole nitrogens is 2. The zero-order valence-electron chi connectivity index (χ0n) is 53.4. The lowest BCUT2D eigenvalue weighted by Gasteiger charge is -2.20. The van der Waals surface area contributed by atoms with Crippen LogP contribution in [0.25, 0.3) is 67.1 Å². The molecule has 2 N–H and O–H groups in total. The lowest BCUT2D eigenvalue weighted by Crippen LogP contribution is -2.11. The Morgan fingerprint density at radius 1 is 0.233 bits per heavy atom. The van der Waals surface area contributed by atoms with Crippen LogP contribution in [0.4, 0.5) is 0 Å². The maximum absolute atomic E-state index is 5.83. The second-order valence-corrected chi connectivity index (χ2v) is 30.4. The second kappa shape index (κ2) is 21.6. The van der Waals surface area contributed by atoms with Gasteiger partial charge in [-0.1, -0.05) is 270 Å². The average Bonchev–Trinajstić information content (AvgIpc) is 1.72. The molecule has 10 heteroatoms. The summed E-state index contributed by atoms with van der Waals surface area (Å²) in [5, 5.41) is 0. The molecule has 438 valence electrons. The Morgan fingerprint density at radius 3 is 0.605 bits per heavy atom. The Balaban J connectivity index is 1.35. The first kappa shape index (κ1) is 60.0. The van der Waals surface area contributed by atoms with Crippen molar-refractivity contribution in [2.75, 3.05) is 0 Å². The van der Waals surface area contributed by atoms with E-state index < -0.39 is 0 Å². The van der Waals surface area contributed by atoms with Crippen LogP contribution in [-0.4, -0.2) is 39.9 Å². The monoisotopic (exact) mass is 1170 g/mol. The van der Waals surface area contributed by atoms with Crippen molar-refractivity contribution in [3.05, 3.63) is 225 Å². The number of rotatable bonds is 6. The number of hydrogen-bond donors (Lipinski definition) is 4. The standard InChI is InChI=1S/C76H82N8S2/c1-71(2,3)49-31-19-43(20-32-49)55-56(44-21-33-50(34-22-44)72(4,5)6)64-77-63(55)78-65-57(45-23-35-51(36-24-45)73(7,8)9)59(47-27-39-53(40-28-47)75(13,14)15)67(80-65)82-69-61(85)62(86)70(84-69)83-68-60(48-29-41-54(42-30-48)76(16,17)18)58(66(79-64)81-68)46-25-37-52(38-26-46)74(10,11)12/h19-42,85-86H,1-18H3,(H2,77,78,79,80,81,82,83,84). The predicted octanol–water partition coefficient (Wildman–Crippen LogP) is 19.6. The number of benzene rings is 6. The Hall–Kier alpha value is -7.66. The molecular weight excluding hydrogens is 1090 g/mol. The largest absolute Gasteiger partial charge is 0.324 e. The third-order valence-electron chi connectivity index (χ3n) is 16.8. The molecular formula is C76H82N8S2. The minimum Gasteiger partial charge on any atom is -0.324 e. The number of aromatic amines is 2. The first-order chi connectivity index (χ1) is 40.2. The Kier molecular flexibility index (Phi) is 15.1. The van der Waals surface area contributed by atoms with Crippen LogP contribution in [0, 0.1) is 0 Å². The summed E-state index contributed by atoms with van der Waals surface area (Å²) in [6, 6.07) is 53.1. The van der Waals surface area contributed by atoms with Gasteiger partial charge in [0.2, 0.25) is 0 Å². The maximum Gasteiger partial charge on any atom is 0.165 e. The van der Waals surface area contributed by atoms with Crippen molar-refractivity contribution in [2.24, 2.45) is 0 Å². The summed E-state index contributed by atoms with van der Waals surface area (Å²) in [6.07, 6.45) is 0. The fourth-order valence-corrected chi connectivity index (χ4v) is 11.8. The van der Waals surface area contributed by atoms with Gasteiger partial charge in [0.25, 0.3) is 0 Å². The first-order valence-corrected chi connectivity index (χ1v) is 31.0. The summed E-state index contributed by atoms with van der Waals surface area (Å²) in [7, 11) is 0. The molecule has 0 saturated carbocycles. The minimum absolute atomic E-state index is 0.0763. The van der Waals surface area contributed by atoms with Gasteiger partial charge in [-0.3, -0.25) is 0 Å². The maximum atomic E-state index is 5.83. The molecule has 0 spiro atoms. The minimum atomic E-state index is -0.0867. The van der Waals surface area contributed by atoms with E-state index in [0.29, 0.717) is 55.7 Å². The van der Waals surface area contributed by atoms with Crippen molar-refractivity contribution < 1.29 is 0 Å². The Morgan fingerprint density at radius 2 is 0.407 bits per heavy atom. The quantitative estimate of drug-likeness (QED) is 0.124. The van der Waals surface area contributed by atoms with Crippen LogP contribution in [-0.2, 0) is 32.5 Å². The van der Waals surface area contributed by atoms with Gasteiger partial charge in [-0.15, -0.1) is 25.3 Å². The molecule has 3 aromatic heterocycles. The van der Waals surface area contributed by atoms with Gasteiger partial charge in [-0.25, -0.2) is 29.9 Å². The molecule has 0 fully saturated rings. The molecule has 8 bridgehead atoms. The van der Waals surface area contributed by atoms with Crippen LogP contribution in [0.15, 0.2) is 155 Å². The second-order valence-electron chi connectivity index (χ2n) is 29.5. The van der Waals surface area contributed by atoms with Crippen molar-refractivity contribution in [1.29, 1.82) is 0 Å². The van der Waals surface area contributed by atoms with Gasteiger partial charge in [0.1, 0.15) is 22.6 Å². The molecule has 9 aromatic rings. The molecule has 0 amide bonds. The molecule has 0 aliphatic carbocycles. The van der Waals surface area contributed by atoms with Crippen molar-refractivity contribution in [2.45, 2.75) is 167 Å². The Labute approximate surface area is 520 Å². The van der Waals surface area contributed by atoms with Gasteiger partial charge in [-0.05, 0) is 99.3 Å². The van der Waals surface area contributed by atoms with Crippen LogP contribution in [0.3, 0.4) is 0 Å². The molecule has 0 atom stereocenters. The van der Waals surface area contributed by atoms with Crippen molar-refractivity contribution in [3.8, 4) is 22.3 Å². The SMILES string of the molecule is CC(C)(C)c1ccc(C2=C(c3ccc(C(C)(C)C)cc3)c3nc2nc2[nH]c(nc4nc(nc5[nH]c(n3)c(-c3ccc(C(C)(C)C)cc3)c5-c3ccc(C(C)(C)C)cc3)C(c3ccc(C(C)(C)C)cc3)=C4c3ccc(C(C)(C)C)cc3)c(S)c2S)cc1. The van der Waals surface area contributed by atoms with E-state index in [4.69, 9.17) is 55.2 Å². The van der Waals surface area contributed by atoms with Crippen molar-refractivity contribution >= 4 is 70.1 Å². The van der Waals surface area contributed by atoms with E-state index in [1.807, 2.05) is 0 Å². The van der Waals surface area contributed by atoms with E-state index in [9.17, 15) is 0 Å². The van der Waals surface area contributed by atoms with Crippen LogP contribution in [0.5, 0.6) is 0 Å². The van der Waals surface area contributed by atoms with Gasteiger partial charge in [0.15, 0.2) is 23.3 Å². The smallest absolute Gasteiger partial charge is 0.165 e. The molecule has 11 rings (SSSR count). The lowest BCUT2D eigenvalue weighted by molar-refractivity contribution is 0.590. The number of nitrogens with one attached hydrogen (secondary N) is 2. The van der Waals surface area contributed by atoms with Gasteiger partial charge < -0.3 is 9.97 Å². The van der Waals surface area contributed by atoms with Crippen LogP contribution < -0.4 is 0 Å². The molecule has 0 saturated heterocycles. The van der Waals surface area contributed by atoms with E-state index in [2.05, 4.69) is 280 Å². The van der Waals surface area contributed by atoms with E-state index in [-0.39, 0.29) is 32.5 Å². The summed E-state index contributed by atoms with van der Waals surface area (Å²) in [4.78, 5) is 42.2. The molecule has 0 radical (unpaired) electrons. The van der Waals surface area contributed by atoms with E-state index in [1.54, 1.807) is 0 Å². The van der Waals surface area contributed by atoms with Crippen LogP contribution in [0.1, 0.15) is 204 Å². The van der Waals surface area contributed by atoms with E-state index in [1.165, 1.54) is 33.4 Å². The van der Waals surface area contributed by atoms with Crippen LogP contribution >= 0.6 is 25.3 Å². The van der Waals surface area contributed by atoms with Crippen molar-refractivity contribution in [3.63, 3.8) is 0 Å². The van der Waals surface area contributed by atoms with Crippen LogP contribution in [0.2, 0.25) is 0 Å². The summed E-state index contributed by atoms with van der Waals surface area (Å²) in [5.41, 5.74) is 19.7. The van der Waals surface area contributed by atoms with E-state index in [0.717, 1.165) is 66.8 Å². The normalized spacial score (nSPS) is 13.7. The van der Waals surface area contributed by atoms with Gasteiger partial charge in [0.05, 0.1) is 9.79 Å². The average molecular weight is 1170 g/mol. The highest BCUT2D eigenvalue weighted by Gasteiger charge is 2.32. The molecule has 8 nitrogen and oxygen atoms in total. The number of thiol groups is 2. The number of aromatic nitrogens is 8. The number of nitrogens with zero attached hydrogens (tertiary/aromatic N) is 6. The topological polar surface area (TPSA) is 109 Å². The highest BCUT2D eigenvalue weighted by molar-refractivity contribution is 7.83. The lowest BCUT2D eigenvalue weighted by atomic mass is 9.84. The van der Waals surface area contributed by atoms with Gasteiger partial charge in [-0.2, -0.15) is 0 Å². The fraction of sp³-hybridized carbons (Fsp3) is 0.316. The summed E-state index contributed by atoms with van der Waals surface area (Å²) >= 11 is 10.3. The highest BCUT2D eigenvalue weighted by Crippen LogP contribution is 2.45. The molecule has 2 aliphatic heterocycles. The summed E-state index contributed by atoms with van der Waals surface area (Å²) in [5.74, 6) is 1.90. The fourth-order valence-electron chi connectivity index (χ4n) is 11.4.